The highest BCUT2D eigenvalue weighted by atomic mass is 16.2. The molecular weight excluding hydrogens is 388 g/mol. The smallest absolute Gasteiger partial charge is 0.254 e. The van der Waals surface area contributed by atoms with Crippen molar-refractivity contribution in [3.63, 3.8) is 0 Å². The number of likely N-dealkylation sites (tertiary alicyclic amines) is 1. The molecule has 0 radical (unpaired) electrons. The van der Waals surface area contributed by atoms with Gasteiger partial charge in [0, 0.05) is 43.7 Å². The van der Waals surface area contributed by atoms with E-state index in [4.69, 9.17) is 4.98 Å². The maximum absolute atomic E-state index is 12.8. The number of H-pyrrole nitrogens is 1. The van der Waals surface area contributed by atoms with Crippen molar-refractivity contribution in [3.05, 3.63) is 63.3 Å². The lowest BCUT2D eigenvalue weighted by atomic mass is 9.92. The largest absolute Gasteiger partial charge is 0.342 e. The van der Waals surface area contributed by atoms with Crippen LogP contribution in [0.3, 0.4) is 0 Å². The lowest BCUT2D eigenvalue weighted by Crippen LogP contribution is -2.42. The summed E-state index contributed by atoms with van der Waals surface area (Å²) >= 11 is 0. The Labute approximate surface area is 183 Å². The van der Waals surface area contributed by atoms with E-state index in [2.05, 4.69) is 9.88 Å². The van der Waals surface area contributed by atoms with Gasteiger partial charge < -0.3 is 9.88 Å². The molecule has 1 saturated heterocycles. The second-order valence-electron chi connectivity index (χ2n) is 9.38. The van der Waals surface area contributed by atoms with E-state index in [1.54, 1.807) is 0 Å². The summed E-state index contributed by atoms with van der Waals surface area (Å²) in [5.74, 6) is 1.03. The lowest BCUT2D eigenvalue weighted by Gasteiger charge is -2.37. The molecule has 6 heteroatoms. The van der Waals surface area contributed by atoms with Crippen molar-refractivity contribution in [2.24, 2.45) is 0 Å². The van der Waals surface area contributed by atoms with Crippen LogP contribution in [0.15, 0.2) is 35.1 Å². The van der Waals surface area contributed by atoms with Gasteiger partial charge in [-0.25, -0.2) is 4.98 Å². The molecule has 1 saturated carbocycles. The van der Waals surface area contributed by atoms with Crippen LogP contribution in [0.5, 0.6) is 0 Å². The van der Waals surface area contributed by atoms with Gasteiger partial charge in [-0.15, -0.1) is 0 Å². The summed E-state index contributed by atoms with van der Waals surface area (Å²) in [4.78, 5) is 38.0. The first-order valence-corrected chi connectivity index (χ1v) is 11.8. The van der Waals surface area contributed by atoms with Gasteiger partial charge in [0.1, 0.15) is 5.82 Å². The van der Waals surface area contributed by atoms with Gasteiger partial charge in [-0.3, -0.25) is 14.5 Å². The van der Waals surface area contributed by atoms with E-state index >= 15 is 0 Å². The number of rotatable bonds is 4. The van der Waals surface area contributed by atoms with Gasteiger partial charge in [0.05, 0.1) is 12.1 Å². The minimum Gasteiger partial charge on any atom is -0.342 e. The molecule has 1 atom stereocenters. The quantitative estimate of drug-likeness (QED) is 0.826. The van der Waals surface area contributed by atoms with Crippen molar-refractivity contribution in [1.82, 2.24) is 19.8 Å². The fraction of sp³-hybridized carbons (Fsp3) is 0.560. The third-order valence-corrected chi connectivity index (χ3v) is 7.34. The van der Waals surface area contributed by atoms with E-state index in [-0.39, 0.29) is 17.4 Å². The fourth-order valence-corrected chi connectivity index (χ4v) is 5.52. The topological polar surface area (TPSA) is 69.3 Å². The maximum atomic E-state index is 12.8. The van der Waals surface area contributed by atoms with Gasteiger partial charge in [0.25, 0.3) is 5.56 Å². The molecule has 3 aliphatic rings. The van der Waals surface area contributed by atoms with Crippen LogP contribution >= 0.6 is 0 Å². The molecule has 1 N–H and O–H groups in total. The molecule has 2 aliphatic heterocycles. The van der Waals surface area contributed by atoms with Gasteiger partial charge >= 0.3 is 0 Å². The molecule has 5 rings (SSSR count). The highest BCUT2D eigenvalue weighted by Crippen LogP contribution is 2.29. The summed E-state index contributed by atoms with van der Waals surface area (Å²) < 4.78 is 0. The van der Waals surface area contributed by atoms with Crippen LogP contribution in [-0.4, -0.2) is 51.4 Å². The monoisotopic (exact) mass is 420 g/mol. The predicted molar refractivity (Wildman–Crippen MR) is 120 cm³/mol. The zero-order chi connectivity index (χ0) is 21.2. The van der Waals surface area contributed by atoms with Crippen molar-refractivity contribution in [1.29, 1.82) is 0 Å². The number of hydrogen-bond donors (Lipinski definition) is 1. The molecule has 1 aromatic heterocycles. The molecule has 164 valence electrons. The number of carbonyl (C=O) groups excluding carboxylic acids is 1. The Bertz CT molecular complexity index is 981. The summed E-state index contributed by atoms with van der Waals surface area (Å²) in [7, 11) is 0. The Morgan fingerprint density at radius 2 is 1.87 bits per heavy atom. The molecule has 2 fully saturated rings. The standard InChI is InChI=1S/C25H32N4O2/c30-23(15-18-7-3-1-4-8-18)29-13-11-19(16-29)24-26-22-17-28(20-9-5-2-6-10-20)14-12-21(22)25(31)27-24/h1,3-4,7-8,19-20H,2,5-6,9-17H2,(H,26,27,31)/t19-/m0/s1. The van der Waals surface area contributed by atoms with Gasteiger partial charge in [0.15, 0.2) is 0 Å². The summed E-state index contributed by atoms with van der Waals surface area (Å²) in [5, 5.41) is 0. The van der Waals surface area contributed by atoms with E-state index < -0.39 is 0 Å². The number of benzene rings is 1. The second kappa shape index (κ2) is 8.95. The molecule has 1 aliphatic carbocycles. The number of nitrogens with zero attached hydrogens (tertiary/aromatic N) is 3. The summed E-state index contributed by atoms with van der Waals surface area (Å²) in [6.45, 7) is 3.12. The van der Waals surface area contributed by atoms with Crippen LogP contribution in [0.4, 0.5) is 0 Å². The number of nitrogens with one attached hydrogen (secondary N) is 1. The molecule has 31 heavy (non-hydrogen) atoms. The van der Waals surface area contributed by atoms with Crippen molar-refractivity contribution in [2.75, 3.05) is 19.6 Å². The Hall–Kier alpha value is -2.47. The molecule has 3 heterocycles. The molecule has 0 unspecified atom stereocenters. The van der Waals surface area contributed by atoms with E-state index in [1.807, 2.05) is 35.2 Å². The van der Waals surface area contributed by atoms with E-state index in [9.17, 15) is 9.59 Å². The van der Waals surface area contributed by atoms with Crippen LogP contribution in [0.25, 0.3) is 0 Å². The van der Waals surface area contributed by atoms with Gasteiger partial charge in [-0.2, -0.15) is 0 Å². The first kappa shape index (κ1) is 20.4. The van der Waals surface area contributed by atoms with Crippen molar-refractivity contribution in [3.8, 4) is 0 Å². The molecular formula is C25H32N4O2. The summed E-state index contributed by atoms with van der Waals surface area (Å²) in [6, 6.07) is 10.5. The third-order valence-electron chi connectivity index (χ3n) is 7.34. The first-order chi connectivity index (χ1) is 15.2. The molecule has 1 amide bonds. The fourth-order valence-electron chi connectivity index (χ4n) is 5.52. The Morgan fingerprint density at radius 1 is 1.06 bits per heavy atom. The van der Waals surface area contributed by atoms with Crippen LogP contribution in [0.1, 0.15) is 67.1 Å². The van der Waals surface area contributed by atoms with Gasteiger partial charge in [-0.05, 0) is 31.2 Å². The van der Waals surface area contributed by atoms with E-state index in [0.717, 1.165) is 55.1 Å². The third kappa shape index (κ3) is 4.45. The van der Waals surface area contributed by atoms with Gasteiger partial charge in [0.2, 0.25) is 5.91 Å². The molecule has 0 spiro atoms. The minimum absolute atomic E-state index is 0.0253. The van der Waals surface area contributed by atoms with E-state index in [1.165, 1.54) is 32.1 Å². The molecule has 0 bridgehead atoms. The number of aromatic nitrogens is 2. The van der Waals surface area contributed by atoms with Crippen LogP contribution in [0.2, 0.25) is 0 Å². The Balaban J connectivity index is 1.27. The van der Waals surface area contributed by atoms with Crippen LogP contribution in [0, 0.1) is 0 Å². The molecule has 1 aromatic carbocycles. The molecule has 6 nitrogen and oxygen atoms in total. The highest BCUT2D eigenvalue weighted by molar-refractivity contribution is 5.79. The maximum Gasteiger partial charge on any atom is 0.254 e. The first-order valence-electron chi connectivity index (χ1n) is 11.8. The van der Waals surface area contributed by atoms with E-state index in [0.29, 0.717) is 19.0 Å². The summed E-state index contributed by atoms with van der Waals surface area (Å²) in [6.07, 6.45) is 8.60. The predicted octanol–water partition coefficient (Wildman–Crippen LogP) is 3.02. The number of fused-ring (bicyclic) bond motifs is 1. The zero-order valence-corrected chi connectivity index (χ0v) is 18.2. The van der Waals surface area contributed by atoms with Gasteiger partial charge in [-0.1, -0.05) is 49.6 Å². The highest BCUT2D eigenvalue weighted by Gasteiger charge is 2.32. The van der Waals surface area contributed by atoms with Crippen LogP contribution in [-0.2, 0) is 24.2 Å². The van der Waals surface area contributed by atoms with Crippen molar-refractivity contribution >= 4 is 5.91 Å². The summed E-state index contributed by atoms with van der Waals surface area (Å²) in [5.41, 5.74) is 2.90. The number of amides is 1. The SMILES string of the molecule is O=C(Cc1ccccc1)N1CC[C@H](c2nc3c(c(=O)[nH]2)CCN(C2CCCCC2)C3)C1. The number of hydrogen-bond acceptors (Lipinski definition) is 4. The Morgan fingerprint density at radius 3 is 2.68 bits per heavy atom. The minimum atomic E-state index is 0.0253. The molecule has 2 aromatic rings. The lowest BCUT2D eigenvalue weighted by molar-refractivity contribution is -0.129. The van der Waals surface area contributed by atoms with Crippen LogP contribution < -0.4 is 5.56 Å². The average Bonchev–Trinajstić information content (AvgIpc) is 3.31. The second-order valence-corrected chi connectivity index (χ2v) is 9.38. The zero-order valence-electron chi connectivity index (χ0n) is 18.2. The van der Waals surface area contributed by atoms with Crippen molar-refractivity contribution < 1.29 is 4.79 Å². The average molecular weight is 421 g/mol. The normalized spacial score (nSPS) is 22.5. The number of carbonyl (C=O) groups is 1. The van der Waals surface area contributed by atoms with Crippen molar-refractivity contribution in [2.45, 2.75) is 69.9 Å². The number of aromatic amines is 1. The Kier molecular flexibility index (Phi) is 5.90.